The van der Waals surface area contributed by atoms with Gasteiger partial charge in [-0.15, -0.1) is 0 Å². The van der Waals surface area contributed by atoms with Crippen molar-refractivity contribution < 1.29 is 4.79 Å². The normalized spacial score (nSPS) is 11.1. The van der Waals surface area contributed by atoms with Crippen LogP contribution in [0.25, 0.3) is 17.1 Å². The minimum absolute atomic E-state index is 0.428. The van der Waals surface area contributed by atoms with Crippen LogP contribution in [0.2, 0.25) is 0 Å². The van der Waals surface area contributed by atoms with Crippen LogP contribution in [0.15, 0.2) is 60.7 Å². The Hall–Kier alpha value is -2.88. The molecule has 3 aromatic rings. The second kappa shape index (κ2) is 6.72. The molecule has 1 N–H and O–H groups in total. The molecule has 1 heterocycles. The Labute approximate surface area is 129 Å². The standard InChI is InChI=1S/C18H17N3O/c22-14-19-13-18-20-16-10-4-5-11-17(16)21(18)12-6-9-15-7-2-1-3-8-15/h1-11,14H,12-13H2,(H,19,22)/b9-6+. The molecule has 110 valence electrons. The summed E-state index contributed by atoms with van der Waals surface area (Å²) in [6, 6.07) is 18.2. The van der Waals surface area contributed by atoms with Crippen molar-refractivity contribution in [3.63, 3.8) is 0 Å². The van der Waals surface area contributed by atoms with Crippen molar-refractivity contribution in [2.45, 2.75) is 13.1 Å². The van der Waals surface area contributed by atoms with Crippen LogP contribution in [0.3, 0.4) is 0 Å². The molecular formula is C18H17N3O. The lowest BCUT2D eigenvalue weighted by Gasteiger charge is -2.05. The van der Waals surface area contributed by atoms with Crippen molar-refractivity contribution in [3.05, 3.63) is 72.1 Å². The molecule has 3 rings (SSSR count). The van der Waals surface area contributed by atoms with Crippen LogP contribution in [0.4, 0.5) is 0 Å². The van der Waals surface area contributed by atoms with Crippen molar-refractivity contribution in [1.29, 1.82) is 0 Å². The van der Waals surface area contributed by atoms with Crippen molar-refractivity contribution in [2.24, 2.45) is 0 Å². The van der Waals surface area contributed by atoms with Crippen LogP contribution < -0.4 is 5.32 Å². The summed E-state index contributed by atoms with van der Waals surface area (Å²) in [5, 5.41) is 2.69. The van der Waals surface area contributed by atoms with Gasteiger partial charge in [0.15, 0.2) is 0 Å². The van der Waals surface area contributed by atoms with Gasteiger partial charge in [0.25, 0.3) is 0 Å². The van der Waals surface area contributed by atoms with Gasteiger partial charge in [0, 0.05) is 6.54 Å². The second-order valence-corrected chi connectivity index (χ2v) is 4.94. The van der Waals surface area contributed by atoms with E-state index in [9.17, 15) is 4.79 Å². The number of para-hydroxylation sites is 2. The molecule has 0 aliphatic carbocycles. The van der Waals surface area contributed by atoms with Gasteiger partial charge in [-0.25, -0.2) is 4.98 Å². The second-order valence-electron chi connectivity index (χ2n) is 4.94. The first kappa shape index (κ1) is 14.1. The third kappa shape index (κ3) is 3.06. The number of carbonyl (C=O) groups is 1. The largest absolute Gasteiger partial charge is 0.351 e. The van der Waals surface area contributed by atoms with Crippen molar-refractivity contribution in [1.82, 2.24) is 14.9 Å². The Morgan fingerprint density at radius 1 is 1.05 bits per heavy atom. The van der Waals surface area contributed by atoms with Crippen LogP contribution in [-0.4, -0.2) is 16.0 Å². The Morgan fingerprint density at radius 3 is 2.64 bits per heavy atom. The van der Waals surface area contributed by atoms with E-state index in [1.165, 1.54) is 5.56 Å². The van der Waals surface area contributed by atoms with Gasteiger partial charge in [0.1, 0.15) is 5.82 Å². The maximum Gasteiger partial charge on any atom is 0.207 e. The van der Waals surface area contributed by atoms with E-state index in [2.05, 4.69) is 39.2 Å². The van der Waals surface area contributed by atoms with E-state index in [1.54, 1.807) is 0 Å². The van der Waals surface area contributed by atoms with Crippen LogP contribution in [-0.2, 0) is 17.9 Å². The van der Waals surface area contributed by atoms with Crippen LogP contribution in [0.5, 0.6) is 0 Å². The molecule has 1 aromatic heterocycles. The number of amides is 1. The van der Waals surface area contributed by atoms with E-state index in [0.29, 0.717) is 19.5 Å². The number of aromatic nitrogens is 2. The molecule has 0 atom stereocenters. The molecular weight excluding hydrogens is 274 g/mol. The first-order valence-corrected chi connectivity index (χ1v) is 7.21. The van der Waals surface area contributed by atoms with Gasteiger partial charge in [-0.05, 0) is 17.7 Å². The number of nitrogens with zero attached hydrogens (tertiary/aromatic N) is 2. The summed E-state index contributed by atoms with van der Waals surface area (Å²) in [6.45, 7) is 1.14. The summed E-state index contributed by atoms with van der Waals surface area (Å²) in [4.78, 5) is 15.1. The Bertz CT molecular complexity index is 790. The lowest BCUT2D eigenvalue weighted by Crippen LogP contribution is -2.14. The van der Waals surface area contributed by atoms with Gasteiger partial charge in [0.05, 0.1) is 17.6 Å². The highest BCUT2D eigenvalue weighted by atomic mass is 16.1. The third-order valence-electron chi connectivity index (χ3n) is 3.47. The molecule has 4 nitrogen and oxygen atoms in total. The van der Waals surface area contributed by atoms with Crippen molar-refractivity contribution in [2.75, 3.05) is 0 Å². The van der Waals surface area contributed by atoms with E-state index in [0.717, 1.165) is 16.9 Å². The number of imidazole rings is 1. The smallest absolute Gasteiger partial charge is 0.207 e. The number of rotatable bonds is 6. The number of benzene rings is 2. The number of fused-ring (bicyclic) bond motifs is 1. The highest BCUT2D eigenvalue weighted by Crippen LogP contribution is 2.16. The highest BCUT2D eigenvalue weighted by Gasteiger charge is 2.08. The first-order chi connectivity index (χ1) is 10.9. The van der Waals surface area contributed by atoms with Crippen molar-refractivity contribution in [3.8, 4) is 0 Å². The van der Waals surface area contributed by atoms with Gasteiger partial charge in [-0.1, -0.05) is 54.6 Å². The Kier molecular flexibility index (Phi) is 4.30. The summed E-state index contributed by atoms with van der Waals surface area (Å²) < 4.78 is 2.12. The summed E-state index contributed by atoms with van der Waals surface area (Å²) >= 11 is 0. The van der Waals surface area contributed by atoms with Gasteiger partial charge < -0.3 is 9.88 Å². The maximum absolute atomic E-state index is 10.5. The van der Waals surface area contributed by atoms with E-state index >= 15 is 0 Å². The molecule has 0 unspecified atom stereocenters. The molecule has 1 amide bonds. The van der Waals surface area contributed by atoms with Gasteiger partial charge in [-0.2, -0.15) is 0 Å². The molecule has 0 bridgehead atoms. The van der Waals surface area contributed by atoms with Crippen LogP contribution in [0, 0.1) is 0 Å². The van der Waals surface area contributed by atoms with E-state index in [4.69, 9.17) is 0 Å². The fourth-order valence-electron chi connectivity index (χ4n) is 2.46. The molecule has 0 aliphatic heterocycles. The van der Waals surface area contributed by atoms with E-state index in [-0.39, 0.29) is 0 Å². The SMILES string of the molecule is O=CNCc1nc2ccccc2n1C/C=C/c1ccccc1. The number of allylic oxidation sites excluding steroid dienone is 1. The fraction of sp³-hybridized carbons (Fsp3) is 0.111. The fourth-order valence-corrected chi connectivity index (χ4v) is 2.46. The highest BCUT2D eigenvalue weighted by molar-refractivity contribution is 5.76. The van der Waals surface area contributed by atoms with Gasteiger partial charge in [-0.3, -0.25) is 4.79 Å². The van der Waals surface area contributed by atoms with Crippen LogP contribution in [0.1, 0.15) is 11.4 Å². The molecule has 0 aliphatic rings. The zero-order valence-electron chi connectivity index (χ0n) is 12.1. The molecule has 0 fully saturated rings. The number of carbonyl (C=O) groups excluding carboxylic acids is 1. The molecule has 4 heteroatoms. The summed E-state index contributed by atoms with van der Waals surface area (Å²) in [5.74, 6) is 0.853. The minimum Gasteiger partial charge on any atom is -0.351 e. The topological polar surface area (TPSA) is 46.9 Å². The maximum atomic E-state index is 10.5. The lowest BCUT2D eigenvalue weighted by molar-refractivity contribution is -0.109. The lowest BCUT2D eigenvalue weighted by atomic mass is 10.2. The van der Waals surface area contributed by atoms with Gasteiger partial charge >= 0.3 is 0 Å². The Balaban J connectivity index is 1.87. The van der Waals surface area contributed by atoms with E-state index in [1.807, 2.05) is 42.5 Å². The zero-order chi connectivity index (χ0) is 15.2. The first-order valence-electron chi connectivity index (χ1n) is 7.21. The Morgan fingerprint density at radius 2 is 1.82 bits per heavy atom. The average molecular weight is 291 g/mol. The molecule has 0 spiro atoms. The molecule has 2 aromatic carbocycles. The molecule has 0 radical (unpaired) electrons. The number of nitrogens with one attached hydrogen (secondary N) is 1. The quantitative estimate of drug-likeness (QED) is 0.710. The molecule has 0 saturated carbocycles. The number of hydrogen-bond acceptors (Lipinski definition) is 2. The summed E-state index contributed by atoms with van der Waals surface area (Å²) in [7, 11) is 0. The summed E-state index contributed by atoms with van der Waals surface area (Å²) in [5.41, 5.74) is 3.18. The van der Waals surface area contributed by atoms with Gasteiger partial charge in [0.2, 0.25) is 6.41 Å². The predicted octanol–water partition coefficient (Wildman–Crippen LogP) is 3.00. The number of hydrogen-bond donors (Lipinski definition) is 1. The minimum atomic E-state index is 0.428. The van der Waals surface area contributed by atoms with Crippen molar-refractivity contribution >= 4 is 23.5 Å². The molecule has 0 saturated heterocycles. The average Bonchev–Trinajstić information content (AvgIpc) is 2.92. The monoisotopic (exact) mass is 291 g/mol. The predicted molar refractivity (Wildman–Crippen MR) is 88.1 cm³/mol. The van der Waals surface area contributed by atoms with Crippen LogP contribution >= 0.6 is 0 Å². The third-order valence-corrected chi connectivity index (χ3v) is 3.47. The molecule has 22 heavy (non-hydrogen) atoms. The van der Waals surface area contributed by atoms with E-state index < -0.39 is 0 Å². The zero-order valence-corrected chi connectivity index (χ0v) is 12.1. The summed E-state index contributed by atoms with van der Waals surface area (Å²) in [6.07, 6.45) is 4.89.